The predicted molar refractivity (Wildman–Crippen MR) is 90.3 cm³/mol. The van der Waals surface area contributed by atoms with Gasteiger partial charge in [0.05, 0.1) is 11.5 Å². The summed E-state index contributed by atoms with van der Waals surface area (Å²) in [6.45, 7) is 7.08. The highest BCUT2D eigenvalue weighted by atomic mass is 16.3. The number of allylic oxidation sites excluding steroid dienone is 3. The van der Waals surface area contributed by atoms with Crippen molar-refractivity contribution < 1.29 is 9.90 Å². The molecule has 0 bridgehead atoms. The summed E-state index contributed by atoms with van der Waals surface area (Å²) in [5, 5.41) is 14.2. The van der Waals surface area contributed by atoms with E-state index in [1.807, 2.05) is 6.08 Å². The van der Waals surface area contributed by atoms with Crippen molar-refractivity contribution in [2.24, 2.45) is 23.7 Å². The second-order valence-electron chi connectivity index (χ2n) is 7.32. The first-order valence-electron chi connectivity index (χ1n) is 8.82. The average Bonchev–Trinajstić information content (AvgIpc) is 2.46. The van der Waals surface area contributed by atoms with Gasteiger partial charge in [0.2, 0.25) is 5.91 Å². The standard InChI is InChI=1S/C19H31NO2/c1-4-11-19(22)12-9-15-7-5-6-8-16(15)17(19)18(21)20-13-10-14(2)3/h5-6,9,12,14-17,22H,4,7-8,10-11,13H2,1-3H3,(H,20,21)/t15-,16-,17-,19-/m1/s1. The van der Waals surface area contributed by atoms with E-state index < -0.39 is 5.60 Å². The Kier molecular flexibility index (Phi) is 5.85. The van der Waals surface area contributed by atoms with Crippen LogP contribution < -0.4 is 5.32 Å². The molecular weight excluding hydrogens is 274 g/mol. The van der Waals surface area contributed by atoms with Crippen LogP contribution in [0.2, 0.25) is 0 Å². The van der Waals surface area contributed by atoms with Gasteiger partial charge in [0, 0.05) is 6.54 Å². The molecule has 0 aromatic rings. The number of fused-ring (bicyclic) bond motifs is 1. The number of nitrogens with one attached hydrogen (secondary N) is 1. The minimum absolute atomic E-state index is 0.0336. The van der Waals surface area contributed by atoms with Gasteiger partial charge in [-0.25, -0.2) is 0 Å². The maximum absolute atomic E-state index is 12.8. The lowest BCUT2D eigenvalue weighted by molar-refractivity contribution is -0.138. The van der Waals surface area contributed by atoms with E-state index in [1.165, 1.54) is 0 Å². The fourth-order valence-corrected chi connectivity index (χ4v) is 3.88. The minimum Gasteiger partial charge on any atom is -0.385 e. The Hall–Kier alpha value is -1.09. The van der Waals surface area contributed by atoms with Gasteiger partial charge in [-0.3, -0.25) is 4.79 Å². The number of aliphatic hydroxyl groups is 1. The zero-order valence-electron chi connectivity index (χ0n) is 14.2. The van der Waals surface area contributed by atoms with Crippen LogP contribution in [0, 0.1) is 23.7 Å². The number of carbonyl (C=O) groups is 1. The molecule has 0 aliphatic heterocycles. The van der Waals surface area contributed by atoms with Gasteiger partial charge in [-0.2, -0.15) is 0 Å². The second-order valence-corrected chi connectivity index (χ2v) is 7.32. The Morgan fingerprint density at radius 2 is 2.09 bits per heavy atom. The number of rotatable bonds is 6. The zero-order valence-corrected chi connectivity index (χ0v) is 14.2. The zero-order chi connectivity index (χ0) is 16.2. The van der Waals surface area contributed by atoms with E-state index in [-0.39, 0.29) is 17.7 Å². The van der Waals surface area contributed by atoms with Gasteiger partial charge >= 0.3 is 0 Å². The summed E-state index contributed by atoms with van der Waals surface area (Å²) >= 11 is 0. The van der Waals surface area contributed by atoms with Crippen LogP contribution in [-0.2, 0) is 4.79 Å². The lowest BCUT2D eigenvalue weighted by Crippen LogP contribution is -2.53. The maximum atomic E-state index is 12.8. The molecule has 0 saturated heterocycles. The van der Waals surface area contributed by atoms with Gasteiger partial charge in [0.1, 0.15) is 0 Å². The van der Waals surface area contributed by atoms with Crippen molar-refractivity contribution in [3.05, 3.63) is 24.3 Å². The quantitative estimate of drug-likeness (QED) is 0.738. The lowest BCUT2D eigenvalue weighted by Gasteiger charge is -2.44. The molecule has 0 aromatic carbocycles. The third-order valence-electron chi connectivity index (χ3n) is 5.09. The molecule has 0 spiro atoms. The van der Waals surface area contributed by atoms with Gasteiger partial charge in [0.25, 0.3) is 0 Å². The van der Waals surface area contributed by atoms with Crippen LogP contribution in [0.1, 0.15) is 52.9 Å². The summed E-state index contributed by atoms with van der Waals surface area (Å²) in [5.74, 6) is 0.908. The van der Waals surface area contributed by atoms with Gasteiger partial charge in [-0.05, 0) is 43.4 Å². The van der Waals surface area contributed by atoms with Crippen LogP contribution in [0.15, 0.2) is 24.3 Å². The van der Waals surface area contributed by atoms with Crippen molar-refractivity contribution in [1.82, 2.24) is 5.32 Å². The Balaban J connectivity index is 2.15. The van der Waals surface area contributed by atoms with Crippen molar-refractivity contribution in [3.63, 3.8) is 0 Å². The summed E-state index contributed by atoms with van der Waals surface area (Å²) in [7, 11) is 0. The molecule has 4 atom stereocenters. The molecule has 0 saturated carbocycles. The van der Waals surface area contributed by atoms with Crippen LogP contribution in [0.4, 0.5) is 0 Å². The van der Waals surface area contributed by atoms with Crippen molar-refractivity contribution >= 4 is 5.91 Å². The Bertz CT molecular complexity index is 441. The molecule has 22 heavy (non-hydrogen) atoms. The van der Waals surface area contributed by atoms with E-state index >= 15 is 0 Å². The van der Waals surface area contributed by atoms with E-state index in [4.69, 9.17) is 0 Å². The summed E-state index contributed by atoms with van der Waals surface area (Å²) in [6, 6.07) is 0. The second kappa shape index (κ2) is 7.45. The SMILES string of the molecule is CCC[C@@]1(O)C=C[C@H]2CC=CC[C@H]2[C@@H]1C(=O)NCCC(C)C. The van der Waals surface area contributed by atoms with Gasteiger partial charge in [-0.15, -0.1) is 0 Å². The number of carbonyl (C=O) groups excluding carboxylic acids is 1. The molecule has 2 aliphatic carbocycles. The van der Waals surface area contributed by atoms with Crippen molar-refractivity contribution in [3.8, 4) is 0 Å². The van der Waals surface area contributed by atoms with Crippen molar-refractivity contribution in [2.45, 2.75) is 58.5 Å². The van der Waals surface area contributed by atoms with Gasteiger partial charge < -0.3 is 10.4 Å². The van der Waals surface area contributed by atoms with E-state index in [2.05, 4.69) is 44.3 Å². The first kappa shape index (κ1) is 17.3. The Morgan fingerprint density at radius 3 is 2.77 bits per heavy atom. The van der Waals surface area contributed by atoms with Crippen molar-refractivity contribution in [2.75, 3.05) is 6.54 Å². The molecule has 3 nitrogen and oxygen atoms in total. The first-order chi connectivity index (χ1) is 10.5. The lowest BCUT2D eigenvalue weighted by atomic mass is 9.63. The molecular formula is C19H31NO2. The average molecular weight is 305 g/mol. The number of hydrogen-bond donors (Lipinski definition) is 2. The smallest absolute Gasteiger partial charge is 0.226 e. The third-order valence-corrected chi connectivity index (χ3v) is 5.09. The molecule has 2 rings (SSSR count). The molecule has 0 aromatic heterocycles. The molecule has 0 fully saturated rings. The van der Waals surface area contributed by atoms with E-state index in [1.54, 1.807) is 0 Å². The van der Waals surface area contributed by atoms with Crippen molar-refractivity contribution in [1.29, 1.82) is 0 Å². The maximum Gasteiger partial charge on any atom is 0.226 e. The Morgan fingerprint density at radius 1 is 1.36 bits per heavy atom. The molecule has 0 heterocycles. The van der Waals surface area contributed by atoms with Crippen LogP contribution >= 0.6 is 0 Å². The normalized spacial score (nSPS) is 33.8. The molecule has 3 heteroatoms. The molecule has 124 valence electrons. The molecule has 0 radical (unpaired) electrons. The van der Waals surface area contributed by atoms with Crippen LogP contribution in [0.25, 0.3) is 0 Å². The first-order valence-corrected chi connectivity index (χ1v) is 8.82. The molecule has 0 unspecified atom stereocenters. The van der Waals surface area contributed by atoms with Crippen LogP contribution in [0.5, 0.6) is 0 Å². The topological polar surface area (TPSA) is 49.3 Å². The summed E-state index contributed by atoms with van der Waals surface area (Å²) in [4.78, 5) is 12.8. The van der Waals surface area contributed by atoms with E-state index in [9.17, 15) is 9.90 Å². The fourth-order valence-electron chi connectivity index (χ4n) is 3.88. The minimum atomic E-state index is -0.983. The highest BCUT2D eigenvalue weighted by molar-refractivity contribution is 5.81. The molecule has 1 amide bonds. The van der Waals surface area contributed by atoms with Gasteiger partial charge in [-0.1, -0.05) is 51.5 Å². The van der Waals surface area contributed by atoms with E-state index in [0.717, 1.165) is 25.7 Å². The summed E-state index contributed by atoms with van der Waals surface area (Å²) in [6.07, 6.45) is 12.8. The largest absolute Gasteiger partial charge is 0.385 e. The highest BCUT2D eigenvalue weighted by Crippen LogP contribution is 2.44. The summed E-state index contributed by atoms with van der Waals surface area (Å²) in [5.41, 5.74) is -0.983. The van der Waals surface area contributed by atoms with Gasteiger partial charge in [0.15, 0.2) is 0 Å². The molecule has 2 N–H and O–H groups in total. The number of amides is 1. The van der Waals surface area contributed by atoms with E-state index in [0.29, 0.717) is 24.8 Å². The highest BCUT2D eigenvalue weighted by Gasteiger charge is 2.48. The summed E-state index contributed by atoms with van der Waals surface area (Å²) < 4.78 is 0. The fraction of sp³-hybridized carbons (Fsp3) is 0.737. The monoisotopic (exact) mass is 305 g/mol. The van der Waals surface area contributed by atoms with Crippen LogP contribution in [0.3, 0.4) is 0 Å². The number of hydrogen-bond acceptors (Lipinski definition) is 2. The predicted octanol–water partition coefficient (Wildman–Crippen LogP) is 3.45. The molecule has 2 aliphatic rings. The van der Waals surface area contributed by atoms with Crippen LogP contribution in [-0.4, -0.2) is 23.2 Å². The third kappa shape index (κ3) is 3.81. The Labute approximate surface area is 134 Å².